The van der Waals surface area contributed by atoms with Gasteiger partial charge in [-0.3, -0.25) is 4.79 Å². The number of amides is 1. The van der Waals surface area contributed by atoms with E-state index in [-0.39, 0.29) is 0 Å². The van der Waals surface area contributed by atoms with E-state index < -0.39 is 0 Å². The smallest absolute Gasteiger partial charge is 0.222 e. The van der Waals surface area contributed by atoms with Crippen molar-refractivity contribution in [3.8, 4) is 0 Å². The molecular weight excluding hydrogens is 200 g/mol. The van der Waals surface area contributed by atoms with Crippen molar-refractivity contribution in [1.82, 2.24) is 4.90 Å². The van der Waals surface area contributed by atoms with Gasteiger partial charge in [0, 0.05) is 25.6 Å². The summed E-state index contributed by atoms with van der Waals surface area (Å²) in [6, 6.07) is 0.336. The Hall–Kier alpha value is -0.570. The standard InChI is InChI=1S/C13H24N2O/c1-2-3-7-13(16)15-8-10-5-4-6-12(14)11(10)9-15/h10-12H,2-9,14H2,1H3. The van der Waals surface area contributed by atoms with Gasteiger partial charge in [0.25, 0.3) is 0 Å². The lowest BCUT2D eigenvalue weighted by atomic mass is 9.78. The van der Waals surface area contributed by atoms with Crippen molar-refractivity contribution in [2.24, 2.45) is 17.6 Å². The number of fused-ring (bicyclic) bond motifs is 1. The molecule has 1 amide bonds. The molecule has 3 atom stereocenters. The van der Waals surface area contributed by atoms with Crippen LogP contribution in [0, 0.1) is 11.8 Å². The first kappa shape index (κ1) is 11.9. The van der Waals surface area contributed by atoms with Crippen molar-refractivity contribution in [3.05, 3.63) is 0 Å². The fraction of sp³-hybridized carbons (Fsp3) is 0.923. The Morgan fingerprint density at radius 3 is 2.88 bits per heavy atom. The molecule has 1 saturated heterocycles. The van der Waals surface area contributed by atoms with Crippen LogP contribution in [0.1, 0.15) is 45.4 Å². The van der Waals surface area contributed by atoms with E-state index in [1.165, 1.54) is 12.8 Å². The molecule has 2 rings (SSSR count). The summed E-state index contributed by atoms with van der Waals surface area (Å²) in [5.74, 6) is 1.62. The Morgan fingerprint density at radius 1 is 1.38 bits per heavy atom. The van der Waals surface area contributed by atoms with Crippen LogP contribution in [0.25, 0.3) is 0 Å². The van der Waals surface area contributed by atoms with Crippen molar-refractivity contribution in [2.75, 3.05) is 13.1 Å². The van der Waals surface area contributed by atoms with Gasteiger partial charge >= 0.3 is 0 Å². The molecule has 0 aromatic heterocycles. The van der Waals surface area contributed by atoms with Gasteiger partial charge in [0.15, 0.2) is 0 Å². The summed E-state index contributed by atoms with van der Waals surface area (Å²) in [4.78, 5) is 14.0. The highest BCUT2D eigenvalue weighted by atomic mass is 16.2. The summed E-state index contributed by atoms with van der Waals surface area (Å²) in [6.07, 6.45) is 6.53. The molecule has 2 N–H and O–H groups in total. The maximum absolute atomic E-state index is 11.9. The zero-order valence-corrected chi connectivity index (χ0v) is 10.3. The fourth-order valence-electron chi connectivity index (χ4n) is 3.21. The summed E-state index contributed by atoms with van der Waals surface area (Å²) in [7, 11) is 0. The van der Waals surface area contributed by atoms with Crippen molar-refractivity contribution in [3.63, 3.8) is 0 Å². The van der Waals surface area contributed by atoms with Gasteiger partial charge in [-0.25, -0.2) is 0 Å². The van der Waals surface area contributed by atoms with Gasteiger partial charge in [0.2, 0.25) is 5.91 Å². The van der Waals surface area contributed by atoms with Crippen LogP contribution in [0.15, 0.2) is 0 Å². The lowest BCUT2D eigenvalue weighted by Crippen LogP contribution is -2.38. The molecule has 0 spiro atoms. The summed E-state index contributed by atoms with van der Waals surface area (Å²) >= 11 is 0. The van der Waals surface area contributed by atoms with E-state index in [4.69, 9.17) is 5.73 Å². The Kier molecular flexibility index (Phi) is 3.85. The number of nitrogens with zero attached hydrogens (tertiary/aromatic N) is 1. The quantitative estimate of drug-likeness (QED) is 0.794. The first-order chi connectivity index (χ1) is 7.72. The van der Waals surface area contributed by atoms with Crippen LogP contribution in [-0.4, -0.2) is 29.9 Å². The molecule has 0 aromatic carbocycles. The fourth-order valence-corrected chi connectivity index (χ4v) is 3.21. The minimum absolute atomic E-state index is 0.336. The second-order valence-corrected chi connectivity index (χ2v) is 5.42. The van der Waals surface area contributed by atoms with Crippen LogP contribution >= 0.6 is 0 Å². The van der Waals surface area contributed by atoms with Gasteiger partial charge in [0.05, 0.1) is 0 Å². The van der Waals surface area contributed by atoms with Crippen LogP contribution in [0.3, 0.4) is 0 Å². The molecule has 1 heterocycles. The lowest BCUT2D eigenvalue weighted by molar-refractivity contribution is -0.130. The van der Waals surface area contributed by atoms with Gasteiger partial charge in [-0.15, -0.1) is 0 Å². The monoisotopic (exact) mass is 224 g/mol. The highest BCUT2D eigenvalue weighted by Crippen LogP contribution is 2.35. The SMILES string of the molecule is CCCCC(=O)N1CC2CCCC(N)C2C1. The van der Waals surface area contributed by atoms with Crippen LogP contribution in [-0.2, 0) is 4.79 Å². The van der Waals surface area contributed by atoms with Crippen molar-refractivity contribution in [2.45, 2.75) is 51.5 Å². The zero-order chi connectivity index (χ0) is 11.5. The Morgan fingerprint density at radius 2 is 2.19 bits per heavy atom. The highest BCUT2D eigenvalue weighted by molar-refractivity contribution is 5.76. The summed E-state index contributed by atoms with van der Waals surface area (Å²) in [6.45, 7) is 4.03. The maximum Gasteiger partial charge on any atom is 0.222 e. The Balaban J connectivity index is 1.88. The number of rotatable bonds is 3. The topological polar surface area (TPSA) is 46.3 Å². The molecule has 2 fully saturated rings. The number of carbonyl (C=O) groups excluding carboxylic acids is 1. The Labute approximate surface area is 98.4 Å². The summed E-state index contributed by atoms with van der Waals surface area (Å²) < 4.78 is 0. The van der Waals surface area contributed by atoms with E-state index >= 15 is 0 Å². The highest BCUT2D eigenvalue weighted by Gasteiger charge is 2.39. The van der Waals surface area contributed by atoms with Crippen molar-refractivity contribution in [1.29, 1.82) is 0 Å². The molecule has 16 heavy (non-hydrogen) atoms. The molecule has 0 bridgehead atoms. The summed E-state index contributed by atoms with van der Waals surface area (Å²) in [5.41, 5.74) is 6.14. The predicted octanol–water partition coefficient (Wildman–Crippen LogP) is 1.76. The third kappa shape index (κ3) is 2.40. The van der Waals surface area contributed by atoms with Gasteiger partial charge in [-0.2, -0.15) is 0 Å². The average Bonchev–Trinajstić information content (AvgIpc) is 2.71. The molecule has 0 radical (unpaired) electrons. The lowest BCUT2D eigenvalue weighted by Gasteiger charge is -2.29. The molecule has 3 nitrogen and oxygen atoms in total. The first-order valence-corrected chi connectivity index (χ1v) is 6.75. The van der Waals surface area contributed by atoms with Crippen molar-refractivity contribution >= 4 is 5.91 Å². The number of unbranched alkanes of at least 4 members (excludes halogenated alkanes) is 1. The number of hydrogen-bond donors (Lipinski definition) is 1. The molecule has 3 heteroatoms. The van der Waals surface area contributed by atoms with Crippen molar-refractivity contribution < 1.29 is 4.79 Å². The normalized spacial score (nSPS) is 33.9. The van der Waals surface area contributed by atoms with E-state index in [1.807, 2.05) is 0 Å². The minimum atomic E-state index is 0.336. The molecule has 2 aliphatic rings. The largest absolute Gasteiger partial charge is 0.342 e. The second kappa shape index (κ2) is 5.17. The Bertz CT molecular complexity index is 254. The van der Waals surface area contributed by atoms with E-state index in [1.54, 1.807) is 0 Å². The molecule has 1 aliphatic heterocycles. The van der Waals surface area contributed by atoms with E-state index in [0.29, 0.717) is 23.8 Å². The van der Waals surface area contributed by atoms with Gasteiger partial charge in [-0.1, -0.05) is 19.8 Å². The second-order valence-electron chi connectivity index (χ2n) is 5.42. The van der Waals surface area contributed by atoms with E-state index in [9.17, 15) is 4.79 Å². The number of likely N-dealkylation sites (tertiary alicyclic amines) is 1. The van der Waals surface area contributed by atoms with Gasteiger partial charge in [0.1, 0.15) is 0 Å². The van der Waals surface area contributed by atoms with Crippen LogP contribution in [0.4, 0.5) is 0 Å². The summed E-state index contributed by atoms with van der Waals surface area (Å²) in [5, 5.41) is 0. The molecule has 1 saturated carbocycles. The molecule has 92 valence electrons. The minimum Gasteiger partial charge on any atom is -0.342 e. The number of hydrogen-bond acceptors (Lipinski definition) is 2. The third-order valence-electron chi connectivity index (χ3n) is 4.25. The van der Waals surface area contributed by atoms with Gasteiger partial charge in [-0.05, 0) is 31.1 Å². The zero-order valence-electron chi connectivity index (χ0n) is 10.3. The molecule has 3 unspecified atom stereocenters. The van der Waals surface area contributed by atoms with Gasteiger partial charge < -0.3 is 10.6 Å². The van der Waals surface area contributed by atoms with E-state index in [0.717, 1.165) is 38.8 Å². The predicted molar refractivity (Wildman–Crippen MR) is 64.9 cm³/mol. The molecule has 1 aliphatic carbocycles. The number of carbonyl (C=O) groups is 1. The average molecular weight is 224 g/mol. The number of nitrogens with two attached hydrogens (primary N) is 1. The van der Waals surface area contributed by atoms with E-state index in [2.05, 4.69) is 11.8 Å². The molecule has 0 aromatic rings. The van der Waals surface area contributed by atoms with Crippen LogP contribution < -0.4 is 5.73 Å². The van der Waals surface area contributed by atoms with Crippen LogP contribution in [0.2, 0.25) is 0 Å². The third-order valence-corrected chi connectivity index (χ3v) is 4.25. The van der Waals surface area contributed by atoms with Crippen LogP contribution in [0.5, 0.6) is 0 Å². The molecular formula is C13H24N2O. The first-order valence-electron chi connectivity index (χ1n) is 6.75. The maximum atomic E-state index is 11.9.